The largest absolute Gasteiger partial charge is 0.502 e. The first-order valence-electron chi connectivity index (χ1n) is 8.60. The standard InChI is InChI=1S/C18H32O4Si/c1-17(2)14-7-8-18(17,16(19)15(14)22-13-20-3)9-10-21-11-12-23(4,5)6/h9-10,14-15H,7-8,11-13H2,1-6H3/b10-9-/t14-,15-,18-/m1/s1. The summed E-state index contributed by atoms with van der Waals surface area (Å²) in [5.41, 5.74) is -0.545. The van der Waals surface area contributed by atoms with Gasteiger partial charge >= 0.3 is 0 Å². The smallest absolute Gasteiger partial charge is 0.172 e. The highest BCUT2D eigenvalue weighted by atomic mass is 28.3. The maximum absolute atomic E-state index is 13.0. The number of hydrogen-bond acceptors (Lipinski definition) is 4. The van der Waals surface area contributed by atoms with Crippen LogP contribution in [0.25, 0.3) is 0 Å². The number of Topliss-reactive ketones (excluding diaryl/α,β-unsaturated/α-hetero) is 1. The number of carbonyl (C=O) groups is 1. The fraction of sp³-hybridized carbons (Fsp3) is 0.833. The minimum atomic E-state index is -1.08. The topological polar surface area (TPSA) is 44.8 Å². The highest BCUT2D eigenvalue weighted by Gasteiger charge is 2.68. The van der Waals surface area contributed by atoms with Crippen LogP contribution in [-0.4, -0.2) is 40.5 Å². The Labute approximate surface area is 141 Å². The maximum atomic E-state index is 13.0. The van der Waals surface area contributed by atoms with E-state index in [4.69, 9.17) is 14.2 Å². The molecule has 0 amide bonds. The van der Waals surface area contributed by atoms with E-state index < -0.39 is 13.5 Å². The average molecular weight is 341 g/mol. The Morgan fingerprint density at radius 2 is 2.00 bits per heavy atom. The number of fused-ring (bicyclic) bond motifs is 2. The Kier molecular flexibility index (Phi) is 5.43. The molecule has 0 unspecified atom stereocenters. The van der Waals surface area contributed by atoms with E-state index >= 15 is 0 Å². The molecular formula is C18H32O4Si. The zero-order valence-electron chi connectivity index (χ0n) is 15.5. The molecule has 0 N–H and O–H groups in total. The third-order valence-electron chi connectivity index (χ3n) is 5.77. The Morgan fingerprint density at radius 3 is 2.61 bits per heavy atom. The summed E-state index contributed by atoms with van der Waals surface area (Å²) >= 11 is 0. The molecule has 2 bridgehead atoms. The van der Waals surface area contributed by atoms with E-state index in [-0.39, 0.29) is 30.0 Å². The van der Waals surface area contributed by atoms with Crippen molar-refractivity contribution in [1.82, 2.24) is 0 Å². The van der Waals surface area contributed by atoms with Crippen LogP contribution in [0.3, 0.4) is 0 Å². The Morgan fingerprint density at radius 1 is 1.30 bits per heavy atom. The Bertz CT molecular complexity index is 466. The molecule has 3 atom stereocenters. The first-order valence-corrected chi connectivity index (χ1v) is 12.3. The van der Waals surface area contributed by atoms with Crippen LogP contribution in [0.15, 0.2) is 12.3 Å². The highest BCUT2D eigenvalue weighted by molar-refractivity contribution is 6.76. The number of methoxy groups -OCH3 is 1. The fourth-order valence-corrected chi connectivity index (χ4v) is 4.85. The summed E-state index contributed by atoms with van der Waals surface area (Å²) in [5, 5.41) is 0. The molecular weight excluding hydrogens is 308 g/mol. The molecule has 2 aliphatic rings. The number of ketones is 1. The van der Waals surface area contributed by atoms with Crippen molar-refractivity contribution in [3.05, 3.63) is 12.3 Å². The van der Waals surface area contributed by atoms with Gasteiger partial charge in [-0.25, -0.2) is 0 Å². The minimum absolute atomic E-state index is 0.0961. The fourth-order valence-electron chi connectivity index (χ4n) is 4.11. The second-order valence-corrected chi connectivity index (χ2v) is 14.3. The quantitative estimate of drug-likeness (QED) is 0.291. The number of allylic oxidation sites excluding steroid dienone is 1. The van der Waals surface area contributed by atoms with Crippen LogP contribution in [0, 0.1) is 16.7 Å². The van der Waals surface area contributed by atoms with Crippen molar-refractivity contribution in [3.63, 3.8) is 0 Å². The van der Waals surface area contributed by atoms with Crippen LogP contribution >= 0.6 is 0 Å². The van der Waals surface area contributed by atoms with E-state index in [2.05, 4.69) is 33.5 Å². The normalized spacial score (nSPS) is 32.9. The highest BCUT2D eigenvalue weighted by Crippen LogP contribution is 2.65. The van der Waals surface area contributed by atoms with Gasteiger partial charge in [-0.1, -0.05) is 33.5 Å². The van der Waals surface area contributed by atoms with Crippen molar-refractivity contribution < 1.29 is 19.0 Å². The van der Waals surface area contributed by atoms with Gasteiger partial charge in [0.25, 0.3) is 0 Å². The predicted octanol–water partition coefficient (Wildman–Crippen LogP) is 3.85. The molecule has 0 radical (unpaired) electrons. The predicted molar refractivity (Wildman–Crippen MR) is 93.9 cm³/mol. The van der Waals surface area contributed by atoms with Gasteiger partial charge in [0, 0.05) is 15.2 Å². The lowest BCUT2D eigenvalue weighted by molar-refractivity contribution is -0.146. The van der Waals surface area contributed by atoms with Crippen molar-refractivity contribution >= 4 is 13.9 Å². The number of hydrogen-bond donors (Lipinski definition) is 0. The van der Waals surface area contributed by atoms with Crippen molar-refractivity contribution in [2.45, 2.75) is 58.5 Å². The molecule has 0 saturated heterocycles. The van der Waals surface area contributed by atoms with Crippen LogP contribution in [0.1, 0.15) is 26.7 Å². The number of ether oxygens (including phenoxy) is 3. The lowest BCUT2D eigenvalue weighted by Gasteiger charge is -2.33. The van der Waals surface area contributed by atoms with Crippen LogP contribution in [0.5, 0.6) is 0 Å². The molecule has 0 aliphatic heterocycles. The second kappa shape index (κ2) is 6.69. The van der Waals surface area contributed by atoms with Crippen molar-refractivity contribution in [2.75, 3.05) is 20.5 Å². The summed E-state index contributed by atoms with van der Waals surface area (Å²) in [6.45, 7) is 12.3. The summed E-state index contributed by atoms with van der Waals surface area (Å²) in [7, 11) is 0.503. The molecule has 23 heavy (non-hydrogen) atoms. The monoisotopic (exact) mass is 340 g/mol. The SMILES string of the molecule is COCO[C@H]1C(=O)[C@]2(/C=C\OCC[Si](C)(C)C)CC[C@H]1C2(C)C. The van der Waals surface area contributed by atoms with Gasteiger partial charge in [0.2, 0.25) is 0 Å². The van der Waals surface area contributed by atoms with Gasteiger partial charge in [0.15, 0.2) is 5.78 Å². The summed E-state index contributed by atoms with van der Waals surface area (Å²) < 4.78 is 16.4. The molecule has 2 aliphatic carbocycles. The molecule has 0 heterocycles. The maximum Gasteiger partial charge on any atom is 0.172 e. The van der Waals surface area contributed by atoms with Crippen LogP contribution in [-0.2, 0) is 19.0 Å². The van der Waals surface area contributed by atoms with Gasteiger partial charge in [-0.3, -0.25) is 4.79 Å². The number of carbonyl (C=O) groups excluding carboxylic acids is 1. The van der Waals surface area contributed by atoms with Crippen LogP contribution in [0.2, 0.25) is 25.7 Å². The average Bonchev–Trinajstić information content (AvgIpc) is 2.78. The lowest BCUT2D eigenvalue weighted by atomic mass is 9.69. The molecule has 0 aromatic rings. The van der Waals surface area contributed by atoms with Gasteiger partial charge in [0.05, 0.1) is 18.3 Å². The summed E-state index contributed by atoms with van der Waals surface area (Å²) in [6.07, 6.45) is 5.35. The summed E-state index contributed by atoms with van der Waals surface area (Å²) in [6, 6.07) is 1.13. The van der Waals surface area contributed by atoms with Gasteiger partial charge in [-0.2, -0.15) is 0 Å². The zero-order valence-corrected chi connectivity index (χ0v) is 16.5. The van der Waals surface area contributed by atoms with Gasteiger partial charge in [-0.15, -0.1) is 0 Å². The lowest BCUT2D eigenvalue weighted by Crippen LogP contribution is -2.37. The summed E-state index contributed by atoms with van der Waals surface area (Å²) in [5.74, 6) is 0.456. The van der Waals surface area contributed by atoms with E-state index in [1.54, 1.807) is 13.4 Å². The molecule has 0 aromatic carbocycles. The third kappa shape index (κ3) is 3.42. The van der Waals surface area contributed by atoms with E-state index in [9.17, 15) is 4.79 Å². The molecule has 5 heteroatoms. The van der Waals surface area contributed by atoms with E-state index in [1.807, 2.05) is 6.08 Å². The molecule has 2 saturated carbocycles. The van der Waals surface area contributed by atoms with Gasteiger partial charge in [0.1, 0.15) is 12.9 Å². The minimum Gasteiger partial charge on any atom is -0.502 e. The summed E-state index contributed by atoms with van der Waals surface area (Å²) in [4.78, 5) is 13.0. The molecule has 4 nitrogen and oxygen atoms in total. The first kappa shape index (κ1) is 18.7. The van der Waals surface area contributed by atoms with Gasteiger partial charge in [-0.05, 0) is 36.3 Å². The molecule has 132 valence electrons. The molecule has 0 spiro atoms. The molecule has 2 rings (SSSR count). The molecule has 0 aromatic heterocycles. The van der Waals surface area contributed by atoms with Crippen LogP contribution in [0.4, 0.5) is 0 Å². The number of rotatable bonds is 8. The van der Waals surface area contributed by atoms with Crippen LogP contribution < -0.4 is 0 Å². The van der Waals surface area contributed by atoms with Crippen molar-refractivity contribution in [2.24, 2.45) is 16.7 Å². The zero-order chi connectivity index (χ0) is 17.3. The Balaban J connectivity index is 2.05. The van der Waals surface area contributed by atoms with E-state index in [0.717, 1.165) is 25.5 Å². The third-order valence-corrected chi connectivity index (χ3v) is 7.48. The van der Waals surface area contributed by atoms with E-state index in [0.29, 0.717) is 0 Å². The van der Waals surface area contributed by atoms with E-state index in [1.165, 1.54) is 0 Å². The second-order valence-electron chi connectivity index (χ2n) is 8.68. The first-order chi connectivity index (χ1) is 10.7. The van der Waals surface area contributed by atoms with Gasteiger partial charge < -0.3 is 14.2 Å². The molecule has 2 fully saturated rings. The van der Waals surface area contributed by atoms with Crippen molar-refractivity contribution in [1.29, 1.82) is 0 Å². The Hall–Kier alpha value is -0.653. The van der Waals surface area contributed by atoms with Crippen molar-refractivity contribution in [3.8, 4) is 0 Å².